The molecule has 0 unspecified atom stereocenters. The van der Waals surface area contributed by atoms with Crippen LogP contribution in [-0.2, 0) is 11.2 Å². The third-order valence-electron chi connectivity index (χ3n) is 2.27. The van der Waals surface area contributed by atoms with Crippen LogP contribution >= 0.6 is 11.3 Å². The summed E-state index contributed by atoms with van der Waals surface area (Å²) in [6, 6.07) is -0.0102. The second-order valence-corrected chi connectivity index (χ2v) is 4.39. The lowest BCUT2D eigenvalue weighted by Gasteiger charge is -2.25. The summed E-state index contributed by atoms with van der Waals surface area (Å²) in [4.78, 5) is 16.8. The van der Waals surface area contributed by atoms with Crippen LogP contribution in [0.5, 0.6) is 0 Å². The molecule has 0 saturated carbocycles. The Hall–Kier alpha value is -0.940. The van der Waals surface area contributed by atoms with Crippen molar-refractivity contribution >= 4 is 22.4 Å². The van der Waals surface area contributed by atoms with Gasteiger partial charge in [-0.05, 0) is 19.4 Å². The quantitative estimate of drug-likeness (QED) is 0.784. The van der Waals surface area contributed by atoms with E-state index < -0.39 is 0 Å². The van der Waals surface area contributed by atoms with E-state index in [-0.39, 0.29) is 11.9 Å². The van der Waals surface area contributed by atoms with Gasteiger partial charge in [-0.1, -0.05) is 6.92 Å². The number of nitrogens with one attached hydrogen (secondary N) is 2. The number of hydrogen-bond donors (Lipinski definition) is 2. The van der Waals surface area contributed by atoms with Crippen LogP contribution in [0.15, 0.2) is 6.20 Å². The zero-order valence-electron chi connectivity index (χ0n) is 8.04. The fraction of sp³-hybridized carbons (Fsp3) is 0.556. The van der Waals surface area contributed by atoms with Crippen molar-refractivity contribution in [2.75, 3.05) is 11.9 Å². The maximum Gasteiger partial charge on any atom is 0.243 e. The number of nitrogens with zero attached hydrogens (tertiary/aromatic N) is 1. The highest BCUT2D eigenvalue weighted by Crippen LogP contribution is 2.19. The molecular formula is C9H13N3OS. The predicted octanol–water partition coefficient (Wildman–Crippen LogP) is 1.01. The molecule has 0 aromatic carbocycles. The summed E-state index contributed by atoms with van der Waals surface area (Å²) in [6.07, 6.45) is 3.71. The molecule has 1 saturated heterocycles. The van der Waals surface area contributed by atoms with Gasteiger partial charge >= 0.3 is 0 Å². The molecule has 14 heavy (non-hydrogen) atoms. The minimum Gasteiger partial charge on any atom is -0.306 e. The van der Waals surface area contributed by atoms with Gasteiger partial charge in [0, 0.05) is 11.1 Å². The van der Waals surface area contributed by atoms with E-state index in [1.165, 1.54) is 4.88 Å². The van der Waals surface area contributed by atoms with Gasteiger partial charge in [0.25, 0.3) is 0 Å². The average Bonchev–Trinajstić information content (AvgIpc) is 2.48. The minimum absolute atomic E-state index is 0.0102. The lowest BCUT2D eigenvalue weighted by molar-refractivity contribution is -0.119. The predicted molar refractivity (Wildman–Crippen MR) is 56.5 cm³/mol. The Bertz CT molecular complexity index is 333. The molecule has 2 N–H and O–H groups in total. The normalized spacial score (nSPS) is 20.2. The molecule has 1 aromatic rings. The van der Waals surface area contributed by atoms with Crippen molar-refractivity contribution in [1.29, 1.82) is 0 Å². The Balaban J connectivity index is 1.92. The molecule has 0 spiro atoms. The second kappa shape index (κ2) is 4.06. The summed E-state index contributed by atoms with van der Waals surface area (Å²) >= 11 is 1.54. The number of hydrogen-bond acceptors (Lipinski definition) is 4. The molecule has 2 rings (SSSR count). The summed E-state index contributed by atoms with van der Waals surface area (Å²) in [5, 5.41) is 6.56. The van der Waals surface area contributed by atoms with E-state index in [1.54, 1.807) is 11.3 Å². The zero-order valence-corrected chi connectivity index (χ0v) is 8.86. The third-order valence-corrected chi connectivity index (χ3v) is 3.33. The van der Waals surface area contributed by atoms with Crippen LogP contribution in [0.1, 0.15) is 18.2 Å². The summed E-state index contributed by atoms with van der Waals surface area (Å²) in [5.41, 5.74) is 0. The molecular weight excluding hydrogens is 198 g/mol. The van der Waals surface area contributed by atoms with Gasteiger partial charge in [0.2, 0.25) is 5.91 Å². The molecule has 2 heterocycles. The minimum atomic E-state index is -0.0102. The highest BCUT2D eigenvalue weighted by atomic mass is 32.1. The third kappa shape index (κ3) is 1.93. The maximum absolute atomic E-state index is 11.5. The van der Waals surface area contributed by atoms with Crippen LogP contribution < -0.4 is 10.6 Å². The second-order valence-electron chi connectivity index (χ2n) is 3.27. The summed E-state index contributed by atoms with van der Waals surface area (Å²) in [6.45, 7) is 3.02. The molecule has 76 valence electrons. The van der Waals surface area contributed by atoms with Crippen molar-refractivity contribution in [3.8, 4) is 0 Å². The van der Waals surface area contributed by atoms with E-state index in [0.717, 1.165) is 19.4 Å². The van der Waals surface area contributed by atoms with Crippen LogP contribution in [-0.4, -0.2) is 23.5 Å². The van der Waals surface area contributed by atoms with Gasteiger partial charge in [0.05, 0.1) is 6.04 Å². The molecule has 0 radical (unpaired) electrons. The molecule has 1 aliphatic rings. The Morgan fingerprint density at radius 1 is 1.86 bits per heavy atom. The van der Waals surface area contributed by atoms with Gasteiger partial charge in [-0.15, -0.1) is 11.3 Å². The molecule has 1 aliphatic heterocycles. The van der Waals surface area contributed by atoms with Crippen molar-refractivity contribution in [3.05, 3.63) is 11.1 Å². The molecule has 1 amide bonds. The van der Waals surface area contributed by atoms with Gasteiger partial charge in [0.1, 0.15) is 0 Å². The Labute approximate surface area is 86.7 Å². The first-order valence-corrected chi connectivity index (χ1v) is 5.60. The number of aromatic nitrogens is 1. The van der Waals surface area contributed by atoms with Gasteiger partial charge in [0.15, 0.2) is 5.13 Å². The number of anilines is 1. The lowest BCUT2D eigenvalue weighted by atomic mass is 10.1. The molecule has 0 aliphatic carbocycles. The van der Waals surface area contributed by atoms with Gasteiger partial charge < -0.3 is 10.6 Å². The summed E-state index contributed by atoms with van der Waals surface area (Å²) in [7, 11) is 0. The number of rotatable bonds is 3. The number of thiazole rings is 1. The average molecular weight is 211 g/mol. The maximum atomic E-state index is 11.5. The van der Waals surface area contributed by atoms with Crippen molar-refractivity contribution < 1.29 is 4.79 Å². The summed E-state index contributed by atoms with van der Waals surface area (Å²) < 4.78 is 0. The SMILES string of the molecule is CCc1cnc(NC(=O)[C@H]2CCN2)s1. The van der Waals surface area contributed by atoms with E-state index >= 15 is 0 Å². The molecule has 1 fully saturated rings. The number of carbonyl (C=O) groups excluding carboxylic acids is 1. The van der Waals surface area contributed by atoms with Crippen LogP contribution in [0, 0.1) is 0 Å². The molecule has 1 atom stereocenters. The zero-order chi connectivity index (χ0) is 9.97. The first-order valence-electron chi connectivity index (χ1n) is 4.78. The standard InChI is InChI=1S/C9H13N3OS/c1-2-6-5-11-9(14-6)12-8(13)7-3-4-10-7/h5,7,10H,2-4H2,1H3,(H,11,12,13)/t7-/m1/s1. The topological polar surface area (TPSA) is 54.0 Å². The first kappa shape index (κ1) is 9.61. The number of carbonyl (C=O) groups is 1. The van der Waals surface area contributed by atoms with E-state index in [2.05, 4.69) is 22.5 Å². The van der Waals surface area contributed by atoms with Crippen LogP contribution in [0.25, 0.3) is 0 Å². The van der Waals surface area contributed by atoms with Crippen LogP contribution in [0.3, 0.4) is 0 Å². The molecule has 5 heteroatoms. The van der Waals surface area contributed by atoms with Gasteiger partial charge in [-0.2, -0.15) is 0 Å². The van der Waals surface area contributed by atoms with E-state index in [0.29, 0.717) is 5.13 Å². The van der Waals surface area contributed by atoms with Crippen molar-refractivity contribution in [3.63, 3.8) is 0 Å². The Kier molecular flexibility index (Phi) is 2.79. The van der Waals surface area contributed by atoms with Crippen LogP contribution in [0.4, 0.5) is 5.13 Å². The van der Waals surface area contributed by atoms with Gasteiger partial charge in [-0.25, -0.2) is 4.98 Å². The molecule has 0 bridgehead atoms. The van der Waals surface area contributed by atoms with Crippen LogP contribution in [0.2, 0.25) is 0 Å². The van der Waals surface area contributed by atoms with Crippen molar-refractivity contribution in [2.45, 2.75) is 25.8 Å². The Morgan fingerprint density at radius 3 is 3.14 bits per heavy atom. The number of aryl methyl sites for hydroxylation is 1. The first-order chi connectivity index (χ1) is 6.79. The van der Waals surface area contributed by atoms with Crippen molar-refractivity contribution in [2.24, 2.45) is 0 Å². The molecule has 4 nitrogen and oxygen atoms in total. The fourth-order valence-electron chi connectivity index (χ4n) is 1.23. The largest absolute Gasteiger partial charge is 0.306 e. The monoisotopic (exact) mass is 211 g/mol. The van der Waals surface area contributed by atoms with E-state index in [4.69, 9.17) is 0 Å². The molecule has 1 aromatic heterocycles. The summed E-state index contributed by atoms with van der Waals surface area (Å²) in [5.74, 6) is 0.0354. The smallest absolute Gasteiger partial charge is 0.243 e. The highest BCUT2D eigenvalue weighted by Gasteiger charge is 2.24. The van der Waals surface area contributed by atoms with E-state index in [1.807, 2.05) is 6.20 Å². The van der Waals surface area contributed by atoms with Gasteiger partial charge in [-0.3, -0.25) is 4.79 Å². The highest BCUT2D eigenvalue weighted by molar-refractivity contribution is 7.15. The fourth-order valence-corrected chi connectivity index (χ4v) is 1.99. The number of amides is 1. The van der Waals surface area contributed by atoms with Crippen molar-refractivity contribution in [1.82, 2.24) is 10.3 Å². The van der Waals surface area contributed by atoms with E-state index in [9.17, 15) is 4.79 Å². The Morgan fingerprint density at radius 2 is 2.64 bits per heavy atom. The lowest BCUT2D eigenvalue weighted by Crippen LogP contribution is -2.50.